The largest absolute Gasteiger partial charge is 0.486 e. The maximum atomic E-state index is 10.9. The predicted molar refractivity (Wildman–Crippen MR) is 80.4 cm³/mol. The van der Waals surface area contributed by atoms with Crippen molar-refractivity contribution < 1.29 is 9.66 Å². The smallest absolute Gasteiger partial charge is 0.311 e. The summed E-state index contributed by atoms with van der Waals surface area (Å²) in [6.45, 7) is 4.59. The minimum absolute atomic E-state index is 0.0177. The molecule has 6 heteroatoms. The molecule has 0 aliphatic rings. The summed E-state index contributed by atoms with van der Waals surface area (Å²) in [6, 6.07) is 4.35. The number of benzene rings is 1. The molecule has 0 bridgehead atoms. The molecule has 0 unspecified atom stereocenters. The summed E-state index contributed by atoms with van der Waals surface area (Å²) in [6.07, 6.45) is 1.87. The van der Waals surface area contributed by atoms with Gasteiger partial charge in [-0.3, -0.25) is 10.1 Å². The second-order valence-corrected chi connectivity index (χ2v) is 5.50. The van der Waals surface area contributed by atoms with Crippen LogP contribution in [0.2, 0.25) is 5.02 Å². The topological polar surface area (TPSA) is 52.4 Å². The standard InChI is InChI=1S/C13H17BrClNO3/c1-3-13(4-2,8-14)9-19-12-7-10(15)5-6-11(12)16(17)18/h5-7H,3-4,8-9H2,1-2H3. The number of ether oxygens (including phenoxy) is 1. The summed E-state index contributed by atoms with van der Waals surface area (Å²) in [7, 11) is 0. The Morgan fingerprint density at radius 1 is 1.42 bits per heavy atom. The van der Waals surface area contributed by atoms with Crippen LogP contribution in [0.3, 0.4) is 0 Å². The Labute approximate surface area is 126 Å². The van der Waals surface area contributed by atoms with Gasteiger partial charge in [-0.05, 0) is 18.9 Å². The second-order valence-electron chi connectivity index (χ2n) is 4.50. The molecular weight excluding hydrogens is 334 g/mol. The number of nitro groups is 1. The molecule has 1 aromatic carbocycles. The molecule has 0 heterocycles. The molecule has 1 rings (SSSR count). The lowest BCUT2D eigenvalue weighted by Gasteiger charge is -2.29. The van der Waals surface area contributed by atoms with Crippen molar-refractivity contribution in [3.8, 4) is 5.75 Å². The average Bonchev–Trinajstić information content (AvgIpc) is 2.40. The van der Waals surface area contributed by atoms with Gasteiger partial charge in [0.15, 0.2) is 5.75 Å². The van der Waals surface area contributed by atoms with Crippen LogP contribution < -0.4 is 4.74 Å². The van der Waals surface area contributed by atoms with Gasteiger partial charge in [-0.15, -0.1) is 0 Å². The summed E-state index contributed by atoms with van der Waals surface area (Å²) in [5.41, 5.74) is -0.0732. The van der Waals surface area contributed by atoms with Crippen LogP contribution in [-0.2, 0) is 0 Å². The molecule has 0 saturated heterocycles. The van der Waals surface area contributed by atoms with Gasteiger partial charge in [0.2, 0.25) is 0 Å². The fraction of sp³-hybridized carbons (Fsp3) is 0.538. The first-order chi connectivity index (χ1) is 8.98. The van der Waals surface area contributed by atoms with E-state index in [1.165, 1.54) is 18.2 Å². The molecular formula is C13H17BrClNO3. The fourth-order valence-electron chi connectivity index (χ4n) is 1.67. The van der Waals surface area contributed by atoms with Gasteiger partial charge in [-0.25, -0.2) is 0 Å². The minimum atomic E-state index is -0.459. The molecule has 19 heavy (non-hydrogen) atoms. The number of alkyl halides is 1. The lowest BCUT2D eigenvalue weighted by atomic mass is 9.86. The first-order valence-electron chi connectivity index (χ1n) is 6.10. The van der Waals surface area contributed by atoms with E-state index >= 15 is 0 Å². The Bertz CT molecular complexity index is 441. The first-order valence-corrected chi connectivity index (χ1v) is 7.60. The van der Waals surface area contributed by atoms with Gasteiger partial charge in [0.1, 0.15) is 0 Å². The Morgan fingerprint density at radius 3 is 2.53 bits per heavy atom. The molecule has 0 radical (unpaired) electrons. The van der Waals surface area contributed by atoms with Gasteiger partial charge in [0.25, 0.3) is 0 Å². The number of nitro benzene ring substituents is 1. The summed E-state index contributed by atoms with van der Waals surface area (Å²) in [5.74, 6) is 0.227. The molecule has 0 aliphatic heterocycles. The van der Waals surface area contributed by atoms with Crippen molar-refractivity contribution >= 4 is 33.2 Å². The van der Waals surface area contributed by atoms with Gasteiger partial charge in [-0.1, -0.05) is 41.4 Å². The van der Waals surface area contributed by atoms with Gasteiger partial charge in [0.05, 0.1) is 11.5 Å². The van der Waals surface area contributed by atoms with Crippen molar-refractivity contribution in [2.45, 2.75) is 26.7 Å². The fourth-order valence-corrected chi connectivity index (χ4v) is 2.78. The third-order valence-electron chi connectivity index (χ3n) is 3.44. The van der Waals surface area contributed by atoms with E-state index in [9.17, 15) is 10.1 Å². The van der Waals surface area contributed by atoms with Crippen LogP contribution >= 0.6 is 27.5 Å². The minimum Gasteiger partial charge on any atom is -0.486 e. The van der Waals surface area contributed by atoms with Gasteiger partial charge in [-0.2, -0.15) is 0 Å². The predicted octanol–water partition coefficient (Wildman–Crippen LogP) is 4.83. The van der Waals surface area contributed by atoms with E-state index in [4.69, 9.17) is 16.3 Å². The van der Waals surface area contributed by atoms with Crippen LogP contribution in [0.4, 0.5) is 5.69 Å². The highest BCUT2D eigenvalue weighted by molar-refractivity contribution is 9.09. The third kappa shape index (κ3) is 4.08. The van der Waals surface area contributed by atoms with Gasteiger partial charge in [0, 0.05) is 27.9 Å². The maximum Gasteiger partial charge on any atom is 0.311 e. The molecule has 4 nitrogen and oxygen atoms in total. The molecule has 0 aromatic heterocycles. The summed E-state index contributed by atoms with van der Waals surface area (Å²) >= 11 is 9.35. The highest BCUT2D eigenvalue weighted by Crippen LogP contribution is 2.34. The van der Waals surface area contributed by atoms with Crippen LogP contribution in [0, 0.1) is 15.5 Å². The van der Waals surface area contributed by atoms with Crippen molar-refractivity contribution in [2.75, 3.05) is 11.9 Å². The molecule has 106 valence electrons. The Hall–Kier alpha value is -0.810. The Balaban J connectivity index is 2.93. The lowest BCUT2D eigenvalue weighted by molar-refractivity contribution is -0.386. The van der Waals surface area contributed by atoms with Crippen LogP contribution in [0.25, 0.3) is 0 Å². The van der Waals surface area contributed by atoms with E-state index in [1.54, 1.807) is 0 Å². The molecule has 0 aliphatic carbocycles. The number of rotatable bonds is 7. The normalized spacial score (nSPS) is 11.4. The van der Waals surface area contributed by atoms with Crippen molar-refractivity contribution in [1.29, 1.82) is 0 Å². The summed E-state index contributed by atoms with van der Waals surface area (Å²) in [4.78, 5) is 10.5. The van der Waals surface area contributed by atoms with Crippen molar-refractivity contribution in [3.05, 3.63) is 33.3 Å². The Kier molecular flexibility index (Phi) is 6.07. The van der Waals surface area contributed by atoms with Gasteiger partial charge < -0.3 is 4.74 Å². The van der Waals surface area contributed by atoms with E-state index in [0.29, 0.717) is 11.6 Å². The zero-order chi connectivity index (χ0) is 14.5. The molecule has 0 fully saturated rings. The van der Waals surface area contributed by atoms with Crippen LogP contribution in [0.5, 0.6) is 5.75 Å². The third-order valence-corrected chi connectivity index (χ3v) is 4.86. The molecule has 0 atom stereocenters. The highest BCUT2D eigenvalue weighted by atomic mass is 79.9. The van der Waals surface area contributed by atoms with E-state index in [1.807, 2.05) is 0 Å². The van der Waals surface area contributed by atoms with Crippen molar-refractivity contribution in [3.63, 3.8) is 0 Å². The molecule has 0 spiro atoms. The summed E-state index contributed by atoms with van der Waals surface area (Å²) in [5, 5.41) is 12.2. The van der Waals surface area contributed by atoms with Crippen molar-refractivity contribution in [2.24, 2.45) is 5.41 Å². The van der Waals surface area contributed by atoms with E-state index in [-0.39, 0.29) is 16.9 Å². The SMILES string of the molecule is CCC(CC)(CBr)COc1cc(Cl)ccc1[N+](=O)[O-]. The van der Waals surface area contributed by atoms with Crippen LogP contribution in [0.15, 0.2) is 18.2 Å². The average molecular weight is 351 g/mol. The van der Waals surface area contributed by atoms with E-state index < -0.39 is 4.92 Å². The summed E-state index contributed by atoms with van der Waals surface area (Å²) < 4.78 is 5.66. The number of hydrogen-bond donors (Lipinski definition) is 0. The number of hydrogen-bond acceptors (Lipinski definition) is 3. The molecule has 0 N–H and O–H groups in total. The zero-order valence-corrected chi connectivity index (χ0v) is 13.3. The number of nitrogens with zero attached hydrogens (tertiary/aromatic N) is 1. The zero-order valence-electron chi connectivity index (χ0n) is 11.0. The van der Waals surface area contributed by atoms with Crippen molar-refractivity contribution in [1.82, 2.24) is 0 Å². The lowest BCUT2D eigenvalue weighted by Crippen LogP contribution is -2.29. The van der Waals surface area contributed by atoms with E-state index in [0.717, 1.165) is 18.2 Å². The first kappa shape index (κ1) is 16.2. The van der Waals surface area contributed by atoms with Crippen LogP contribution in [-0.4, -0.2) is 16.9 Å². The van der Waals surface area contributed by atoms with E-state index in [2.05, 4.69) is 29.8 Å². The number of halogens is 2. The monoisotopic (exact) mass is 349 g/mol. The highest BCUT2D eigenvalue weighted by Gasteiger charge is 2.27. The van der Waals surface area contributed by atoms with Crippen LogP contribution in [0.1, 0.15) is 26.7 Å². The van der Waals surface area contributed by atoms with Gasteiger partial charge >= 0.3 is 5.69 Å². The molecule has 1 aromatic rings. The molecule has 0 amide bonds. The maximum absolute atomic E-state index is 10.9. The quantitative estimate of drug-likeness (QED) is 0.402. The molecule has 0 saturated carbocycles. The Morgan fingerprint density at radius 2 is 2.05 bits per heavy atom. The second kappa shape index (κ2) is 7.10.